The Morgan fingerprint density at radius 1 is 1.40 bits per heavy atom. The monoisotopic (exact) mass is 362 g/mol. The van der Waals surface area contributed by atoms with Crippen LogP contribution in [-0.4, -0.2) is 39.5 Å². The molecule has 0 fully saturated rings. The van der Waals surface area contributed by atoms with Crippen LogP contribution in [0.25, 0.3) is 0 Å². The van der Waals surface area contributed by atoms with Crippen LogP contribution in [0.3, 0.4) is 0 Å². The van der Waals surface area contributed by atoms with Gasteiger partial charge in [-0.15, -0.1) is 5.10 Å². The van der Waals surface area contributed by atoms with E-state index in [2.05, 4.69) is 35.9 Å². The highest BCUT2D eigenvalue weighted by Crippen LogP contribution is 2.17. The molecule has 0 aliphatic heterocycles. The molecule has 10 heteroatoms. The number of imidazole rings is 1. The van der Waals surface area contributed by atoms with Gasteiger partial charge in [-0.05, 0) is 28.8 Å². The van der Waals surface area contributed by atoms with Gasteiger partial charge in [0.25, 0.3) is 10.0 Å². The number of sulfonamides is 1. The van der Waals surface area contributed by atoms with E-state index in [1.54, 1.807) is 12.5 Å². The molecule has 0 saturated carbocycles. The summed E-state index contributed by atoms with van der Waals surface area (Å²) in [5, 5.41) is 7.35. The van der Waals surface area contributed by atoms with Crippen LogP contribution in [0.15, 0.2) is 28.4 Å². The van der Waals surface area contributed by atoms with Crippen LogP contribution in [0.1, 0.15) is 12.8 Å². The van der Waals surface area contributed by atoms with Crippen LogP contribution in [-0.2, 0) is 23.6 Å². The molecule has 0 atom stereocenters. The van der Waals surface area contributed by atoms with Gasteiger partial charge in [0.05, 0.1) is 6.33 Å². The molecule has 0 radical (unpaired) electrons. The third-order valence-corrected chi connectivity index (χ3v) is 5.03. The molecule has 110 valence electrons. The van der Waals surface area contributed by atoms with Crippen LogP contribution < -0.4 is 4.72 Å². The van der Waals surface area contributed by atoms with Crippen molar-refractivity contribution >= 4 is 26.0 Å². The first-order valence-electron chi connectivity index (χ1n) is 6.01. The lowest BCUT2D eigenvalue weighted by Crippen LogP contribution is -2.27. The summed E-state index contributed by atoms with van der Waals surface area (Å²) in [6.45, 7) is 1.19. The molecule has 20 heavy (non-hydrogen) atoms. The van der Waals surface area contributed by atoms with Crippen LogP contribution in [0.5, 0.6) is 0 Å². The number of nitrogens with one attached hydrogen (secondary N) is 1. The smallest absolute Gasteiger partial charge is 0.260 e. The third kappa shape index (κ3) is 3.64. The highest BCUT2D eigenvalue weighted by molar-refractivity contribution is 9.10. The zero-order chi connectivity index (χ0) is 14.6. The minimum absolute atomic E-state index is 0.0344. The lowest BCUT2D eigenvalue weighted by molar-refractivity contribution is 0.550. The summed E-state index contributed by atoms with van der Waals surface area (Å²) in [5.74, 6) is 0. The fourth-order valence-electron chi connectivity index (χ4n) is 1.72. The van der Waals surface area contributed by atoms with Crippen LogP contribution in [0.4, 0.5) is 0 Å². The molecule has 2 aromatic rings. The van der Waals surface area contributed by atoms with Crippen molar-refractivity contribution in [1.29, 1.82) is 0 Å². The van der Waals surface area contributed by atoms with Gasteiger partial charge in [0.1, 0.15) is 0 Å². The largest absolute Gasteiger partial charge is 0.337 e. The number of hydrogen-bond donors (Lipinski definition) is 1. The minimum Gasteiger partial charge on any atom is -0.337 e. The standard InChI is InChI=1S/C10H15BrN6O2S/c1-16-10(9(11)14-15-16)20(18,19)13-4-2-3-6-17-7-5-12-8-17/h5,7-8,13H,2-4,6H2,1H3. The van der Waals surface area contributed by atoms with Gasteiger partial charge in [0, 0.05) is 32.5 Å². The Labute approximate surface area is 125 Å². The van der Waals surface area contributed by atoms with Gasteiger partial charge in [-0.25, -0.2) is 22.8 Å². The lowest BCUT2D eigenvalue weighted by Gasteiger charge is -2.07. The zero-order valence-electron chi connectivity index (χ0n) is 10.9. The Morgan fingerprint density at radius 2 is 2.20 bits per heavy atom. The topological polar surface area (TPSA) is 94.7 Å². The summed E-state index contributed by atoms with van der Waals surface area (Å²) in [4.78, 5) is 3.94. The van der Waals surface area contributed by atoms with Crippen LogP contribution in [0.2, 0.25) is 0 Å². The number of hydrogen-bond acceptors (Lipinski definition) is 5. The lowest BCUT2D eigenvalue weighted by atomic mass is 10.3. The summed E-state index contributed by atoms with van der Waals surface area (Å²) in [6.07, 6.45) is 6.94. The van der Waals surface area contributed by atoms with Crippen molar-refractivity contribution in [2.45, 2.75) is 24.4 Å². The van der Waals surface area contributed by atoms with Gasteiger partial charge in [-0.3, -0.25) is 0 Å². The zero-order valence-corrected chi connectivity index (χ0v) is 13.3. The van der Waals surface area contributed by atoms with Crippen molar-refractivity contribution in [3.05, 3.63) is 23.3 Å². The Kier molecular flexibility index (Phi) is 4.89. The predicted molar refractivity (Wildman–Crippen MR) is 75.4 cm³/mol. The van der Waals surface area contributed by atoms with E-state index in [-0.39, 0.29) is 9.63 Å². The molecule has 0 saturated heterocycles. The molecule has 0 aliphatic carbocycles. The Morgan fingerprint density at radius 3 is 2.80 bits per heavy atom. The first-order valence-corrected chi connectivity index (χ1v) is 8.29. The predicted octanol–water partition coefficient (Wildman–Crippen LogP) is 0.533. The van der Waals surface area contributed by atoms with Gasteiger partial charge in [0.15, 0.2) is 4.60 Å². The molecule has 2 heterocycles. The summed E-state index contributed by atoms with van der Waals surface area (Å²) < 4.78 is 30.1. The molecule has 0 amide bonds. The maximum absolute atomic E-state index is 12.1. The van der Waals surface area contributed by atoms with E-state index in [1.165, 1.54) is 11.7 Å². The minimum atomic E-state index is -3.59. The van der Waals surface area contributed by atoms with Crippen LogP contribution in [0, 0.1) is 0 Å². The Balaban J connectivity index is 1.81. The molecule has 0 aromatic carbocycles. The molecule has 0 aliphatic rings. The summed E-state index contributed by atoms with van der Waals surface area (Å²) >= 11 is 3.08. The summed E-state index contributed by atoms with van der Waals surface area (Å²) in [7, 11) is -2.06. The van der Waals surface area contributed by atoms with Gasteiger partial charge >= 0.3 is 0 Å². The highest BCUT2D eigenvalue weighted by Gasteiger charge is 2.22. The molecule has 0 unspecified atom stereocenters. The van der Waals surface area contributed by atoms with Crippen molar-refractivity contribution in [3.63, 3.8) is 0 Å². The maximum atomic E-state index is 12.1. The van der Waals surface area contributed by atoms with Crippen molar-refractivity contribution in [1.82, 2.24) is 29.3 Å². The average Bonchev–Trinajstić information content (AvgIpc) is 2.99. The highest BCUT2D eigenvalue weighted by atomic mass is 79.9. The third-order valence-electron chi connectivity index (χ3n) is 2.69. The molecule has 0 bridgehead atoms. The van der Waals surface area contributed by atoms with E-state index in [1.807, 2.05) is 10.8 Å². The van der Waals surface area contributed by atoms with E-state index in [9.17, 15) is 8.42 Å². The normalized spacial score (nSPS) is 11.9. The summed E-state index contributed by atoms with van der Waals surface area (Å²) in [6, 6.07) is 0. The quantitative estimate of drug-likeness (QED) is 0.725. The van der Waals surface area contributed by atoms with E-state index in [0.29, 0.717) is 6.54 Å². The van der Waals surface area contributed by atoms with E-state index in [0.717, 1.165) is 19.4 Å². The van der Waals surface area contributed by atoms with Crippen molar-refractivity contribution in [2.75, 3.05) is 6.54 Å². The average molecular weight is 363 g/mol. The molecule has 1 N–H and O–H groups in total. The van der Waals surface area contributed by atoms with Crippen molar-refractivity contribution < 1.29 is 8.42 Å². The number of unbranched alkanes of at least 4 members (excludes halogenated alkanes) is 1. The molecule has 8 nitrogen and oxygen atoms in total. The number of rotatable bonds is 7. The maximum Gasteiger partial charge on any atom is 0.260 e. The van der Waals surface area contributed by atoms with Crippen LogP contribution >= 0.6 is 15.9 Å². The van der Waals surface area contributed by atoms with E-state index in [4.69, 9.17) is 0 Å². The molecule has 2 rings (SSSR count). The van der Waals surface area contributed by atoms with E-state index >= 15 is 0 Å². The fraction of sp³-hybridized carbons (Fsp3) is 0.500. The first-order chi connectivity index (χ1) is 9.50. The molecular formula is C10H15BrN6O2S. The number of nitrogens with zero attached hydrogens (tertiary/aromatic N) is 5. The van der Waals surface area contributed by atoms with Crippen molar-refractivity contribution in [2.24, 2.45) is 7.05 Å². The number of aryl methyl sites for hydroxylation is 2. The second-order valence-electron chi connectivity index (χ2n) is 4.21. The fourth-order valence-corrected chi connectivity index (χ4v) is 3.88. The first kappa shape index (κ1) is 15.1. The SMILES string of the molecule is Cn1nnc(Br)c1S(=O)(=O)NCCCCn1ccnc1. The van der Waals surface area contributed by atoms with E-state index < -0.39 is 10.0 Å². The Hall–Kier alpha value is -1.26. The van der Waals surface area contributed by atoms with Gasteiger partial charge in [0.2, 0.25) is 5.03 Å². The van der Waals surface area contributed by atoms with Gasteiger partial charge in [-0.1, -0.05) is 5.21 Å². The molecule has 0 spiro atoms. The number of halogens is 1. The second kappa shape index (κ2) is 6.46. The molecular weight excluding hydrogens is 348 g/mol. The Bertz CT molecular complexity index is 632. The number of aromatic nitrogens is 5. The van der Waals surface area contributed by atoms with Gasteiger partial charge < -0.3 is 4.57 Å². The van der Waals surface area contributed by atoms with Gasteiger partial charge in [-0.2, -0.15) is 0 Å². The molecule has 2 aromatic heterocycles. The second-order valence-corrected chi connectivity index (χ2v) is 6.65. The van der Waals surface area contributed by atoms with Crippen molar-refractivity contribution in [3.8, 4) is 0 Å². The summed E-state index contributed by atoms with van der Waals surface area (Å²) in [5.41, 5.74) is 0.